The maximum atomic E-state index is 11.1. The average molecular weight is 195 g/mol. The van der Waals surface area contributed by atoms with Crippen LogP contribution in [0.4, 0.5) is 0 Å². The number of aromatic nitrogens is 2. The first-order valence-electron chi connectivity index (χ1n) is 3.83. The van der Waals surface area contributed by atoms with E-state index in [2.05, 4.69) is 9.97 Å². The van der Waals surface area contributed by atoms with Crippen LogP contribution in [-0.4, -0.2) is 9.97 Å². The van der Waals surface area contributed by atoms with E-state index in [0.717, 1.165) is 11.1 Å². The van der Waals surface area contributed by atoms with Gasteiger partial charge in [-0.3, -0.25) is 4.79 Å². The lowest BCUT2D eigenvalue weighted by Crippen LogP contribution is -2.08. The summed E-state index contributed by atoms with van der Waals surface area (Å²) in [6.45, 7) is 1.95. The van der Waals surface area contributed by atoms with Crippen molar-refractivity contribution >= 4 is 22.6 Å². The van der Waals surface area contributed by atoms with Crippen molar-refractivity contribution in [1.82, 2.24) is 9.97 Å². The highest BCUT2D eigenvalue weighted by Crippen LogP contribution is 2.10. The third-order valence-electron chi connectivity index (χ3n) is 1.81. The predicted octanol–water partition coefficient (Wildman–Crippen LogP) is 1.88. The normalized spacial score (nSPS) is 10.6. The van der Waals surface area contributed by atoms with Crippen molar-refractivity contribution in [2.75, 3.05) is 0 Å². The summed E-state index contributed by atoms with van der Waals surface area (Å²) >= 11 is 5.57. The molecule has 0 aliphatic heterocycles. The number of rotatable bonds is 0. The van der Waals surface area contributed by atoms with Gasteiger partial charge in [0.05, 0.1) is 11.0 Å². The lowest BCUT2D eigenvalue weighted by molar-refractivity contribution is 1.21. The van der Waals surface area contributed by atoms with Gasteiger partial charge in [0, 0.05) is 0 Å². The largest absolute Gasteiger partial charge is 0.318 e. The zero-order valence-corrected chi connectivity index (χ0v) is 7.72. The Morgan fingerprint density at radius 3 is 3.00 bits per heavy atom. The maximum absolute atomic E-state index is 11.1. The lowest BCUT2D eigenvalue weighted by atomic mass is 10.2. The molecule has 1 N–H and O–H groups in total. The Hall–Kier alpha value is -1.35. The summed E-state index contributed by atoms with van der Waals surface area (Å²) in [7, 11) is 0. The fourth-order valence-corrected chi connectivity index (χ4v) is 1.32. The highest BCUT2D eigenvalue weighted by atomic mass is 35.5. The molecule has 3 nitrogen and oxygen atoms in total. The molecule has 0 aliphatic carbocycles. The van der Waals surface area contributed by atoms with Gasteiger partial charge in [-0.25, -0.2) is 4.98 Å². The number of fused-ring (bicyclic) bond motifs is 1. The molecular formula is C9H7ClN2O. The number of H-pyrrole nitrogens is 1. The van der Waals surface area contributed by atoms with Gasteiger partial charge in [0.2, 0.25) is 0 Å². The molecule has 13 heavy (non-hydrogen) atoms. The molecule has 0 bridgehead atoms. The van der Waals surface area contributed by atoms with Crippen LogP contribution in [0.15, 0.2) is 23.0 Å². The Labute approximate surface area is 79.4 Å². The molecule has 4 heteroatoms. The summed E-state index contributed by atoms with van der Waals surface area (Å²) in [4.78, 5) is 17.7. The Kier molecular flexibility index (Phi) is 1.81. The predicted molar refractivity (Wildman–Crippen MR) is 52.1 cm³/mol. The molecule has 1 heterocycles. The van der Waals surface area contributed by atoms with Crippen molar-refractivity contribution < 1.29 is 0 Å². The fraction of sp³-hybridized carbons (Fsp3) is 0.111. The van der Waals surface area contributed by atoms with Crippen LogP contribution in [0.1, 0.15) is 5.56 Å². The van der Waals surface area contributed by atoms with Gasteiger partial charge in [-0.1, -0.05) is 17.7 Å². The van der Waals surface area contributed by atoms with Crippen LogP contribution in [0, 0.1) is 6.92 Å². The van der Waals surface area contributed by atoms with E-state index in [1.165, 1.54) is 0 Å². The molecule has 0 saturated heterocycles. The van der Waals surface area contributed by atoms with Crippen molar-refractivity contribution in [2.24, 2.45) is 0 Å². The first kappa shape index (κ1) is 8.26. The van der Waals surface area contributed by atoms with Crippen molar-refractivity contribution in [1.29, 1.82) is 0 Å². The molecule has 0 amide bonds. The van der Waals surface area contributed by atoms with Crippen molar-refractivity contribution in [2.45, 2.75) is 6.92 Å². The van der Waals surface area contributed by atoms with Crippen LogP contribution in [0.2, 0.25) is 5.15 Å². The maximum Gasteiger partial charge on any atom is 0.286 e. The van der Waals surface area contributed by atoms with E-state index in [1.807, 2.05) is 25.1 Å². The second-order valence-electron chi connectivity index (χ2n) is 2.88. The van der Waals surface area contributed by atoms with Gasteiger partial charge in [0.25, 0.3) is 5.56 Å². The van der Waals surface area contributed by atoms with E-state index >= 15 is 0 Å². The summed E-state index contributed by atoms with van der Waals surface area (Å²) in [5.41, 5.74) is 2.15. The third kappa shape index (κ3) is 1.42. The van der Waals surface area contributed by atoms with Gasteiger partial charge >= 0.3 is 0 Å². The van der Waals surface area contributed by atoms with Crippen LogP contribution in [0.25, 0.3) is 11.0 Å². The van der Waals surface area contributed by atoms with E-state index in [-0.39, 0.29) is 10.7 Å². The SMILES string of the molecule is Cc1ccc2nc(Cl)c(=O)[nH]c2c1. The van der Waals surface area contributed by atoms with Gasteiger partial charge in [0.1, 0.15) is 0 Å². The summed E-state index contributed by atoms with van der Waals surface area (Å²) in [5, 5.41) is -0.0173. The number of nitrogens with one attached hydrogen (secondary N) is 1. The molecule has 2 rings (SSSR count). The Bertz CT molecular complexity index is 518. The summed E-state index contributed by atoms with van der Waals surface area (Å²) < 4.78 is 0. The number of hydrogen-bond acceptors (Lipinski definition) is 2. The lowest BCUT2D eigenvalue weighted by Gasteiger charge is -1.98. The van der Waals surface area contributed by atoms with Crippen LogP contribution >= 0.6 is 11.6 Å². The number of nitrogens with zero attached hydrogens (tertiary/aromatic N) is 1. The van der Waals surface area contributed by atoms with Gasteiger partial charge < -0.3 is 4.98 Å². The highest BCUT2D eigenvalue weighted by molar-refractivity contribution is 6.29. The van der Waals surface area contributed by atoms with Crippen LogP contribution < -0.4 is 5.56 Å². The van der Waals surface area contributed by atoms with Crippen LogP contribution in [-0.2, 0) is 0 Å². The number of benzene rings is 1. The smallest absolute Gasteiger partial charge is 0.286 e. The second-order valence-corrected chi connectivity index (χ2v) is 3.24. The molecule has 0 aliphatic rings. The van der Waals surface area contributed by atoms with E-state index < -0.39 is 0 Å². The van der Waals surface area contributed by atoms with Crippen molar-refractivity contribution in [3.63, 3.8) is 0 Å². The van der Waals surface area contributed by atoms with E-state index in [1.54, 1.807) is 0 Å². The highest BCUT2D eigenvalue weighted by Gasteiger charge is 2.00. The van der Waals surface area contributed by atoms with Gasteiger partial charge in [-0.15, -0.1) is 0 Å². The molecule has 0 unspecified atom stereocenters. The second kappa shape index (κ2) is 2.85. The zero-order chi connectivity index (χ0) is 9.42. The molecule has 1 aromatic heterocycles. The first-order valence-corrected chi connectivity index (χ1v) is 4.21. The minimum Gasteiger partial charge on any atom is -0.318 e. The minimum atomic E-state index is -0.347. The van der Waals surface area contributed by atoms with Crippen molar-refractivity contribution in [3.8, 4) is 0 Å². The molecule has 0 fully saturated rings. The van der Waals surface area contributed by atoms with E-state index in [0.29, 0.717) is 5.52 Å². The molecule has 0 spiro atoms. The minimum absolute atomic E-state index is 0.0173. The Morgan fingerprint density at radius 1 is 1.46 bits per heavy atom. The third-order valence-corrected chi connectivity index (χ3v) is 2.06. The molecule has 2 aromatic rings. The molecule has 0 saturated carbocycles. The standard InChI is InChI=1S/C9H7ClN2O/c1-5-2-3-6-7(4-5)12-9(13)8(10)11-6/h2-4H,1H3,(H,12,13). The van der Waals surface area contributed by atoms with Gasteiger partial charge in [-0.2, -0.15) is 0 Å². The van der Waals surface area contributed by atoms with E-state index in [9.17, 15) is 4.79 Å². The summed E-state index contributed by atoms with van der Waals surface area (Å²) in [5.74, 6) is 0. The van der Waals surface area contributed by atoms with Gasteiger partial charge in [0.15, 0.2) is 5.15 Å². The summed E-state index contributed by atoms with van der Waals surface area (Å²) in [6, 6.07) is 5.61. The Morgan fingerprint density at radius 2 is 2.23 bits per heavy atom. The summed E-state index contributed by atoms with van der Waals surface area (Å²) in [6.07, 6.45) is 0. The molecule has 0 radical (unpaired) electrons. The topological polar surface area (TPSA) is 45.8 Å². The number of hydrogen-bond donors (Lipinski definition) is 1. The molecule has 1 aromatic carbocycles. The van der Waals surface area contributed by atoms with Crippen molar-refractivity contribution in [3.05, 3.63) is 39.3 Å². The van der Waals surface area contributed by atoms with Crippen LogP contribution in [0.3, 0.4) is 0 Å². The molecule has 0 atom stereocenters. The van der Waals surface area contributed by atoms with Gasteiger partial charge in [-0.05, 0) is 24.6 Å². The fourth-order valence-electron chi connectivity index (χ4n) is 1.18. The Balaban J connectivity index is 2.89. The number of aromatic amines is 1. The molecule has 66 valence electrons. The zero-order valence-electron chi connectivity index (χ0n) is 6.97. The first-order chi connectivity index (χ1) is 6.16. The quantitative estimate of drug-likeness (QED) is 0.696. The average Bonchev–Trinajstić information content (AvgIpc) is 2.08. The number of halogens is 1. The monoisotopic (exact) mass is 194 g/mol. The molecular weight excluding hydrogens is 188 g/mol. The van der Waals surface area contributed by atoms with Crippen LogP contribution in [0.5, 0.6) is 0 Å². The number of aryl methyl sites for hydroxylation is 1. The van der Waals surface area contributed by atoms with E-state index in [4.69, 9.17) is 11.6 Å².